The summed E-state index contributed by atoms with van der Waals surface area (Å²) in [4.78, 5) is 4.43. The van der Waals surface area contributed by atoms with Crippen LogP contribution in [0.15, 0.2) is 29.3 Å². The molecule has 1 unspecified atom stereocenters. The van der Waals surface area contributed by atoms with E-state index < -0.39 is 11.7 Å². The molecule has 1 aromatic carbocycles. The van der Waals surface area contributed by atoms with E-state index in [1.165, 1.54) is 18.2 Å². The number of nitrogens with one attached hydrogen (secondary N) is 2. The molecule has 1 saturated heterocycles. The molecule has 0 amide bonds. The number of para-hydroxylation sites is 1. The summed E-state index contributed by atoms with van der Waals surface area (Å²) in [6.45, 7) is 5.65. The highest BCUT2D eigenvalue weighted by molar-refractivity contribution is 14.0. The molecule has 1 aliphatic heterocycles. The van der Waals surface area contributed by atoms with E-state index in [1.54, 1.807) is 0 Å². The van der Waals surface area contributed by atoms with Crippen LogP contribution in [0.25, 0.3) is 0 Å². The number of ether oxygens (including phenoxy) is 3. The average molecular weight is 531 g/mol. The first-order valence-corrected chi connectivity index (χ1v) is 9.51. The van der Waals surface area contributed by atoms with Crippen molar-refractivity contribution in [1.29, 1.82) is 0 Å². The quantitative estimate of drug-likeness (QED) is 0.210. The van der Waals surface area contributed by atoms with Crippen molar-refractivity contribution < 1.29 is 27.4 Å². The first-order chi connectivity index (χ1) is 13.5. The van der Waals surface area contributed by atoms with E-state index >= 15 is 0 Å². The molecule has 29 heavy (non-hydrogen) atoms. The Morgan fingerprint density at radius 1 is 1.24 bits per heavy atom. The molecule has 2 N–H and O–H groups in total. The third kappa shape index (κ3) is 9.85. The number of alkyl halides is 3. The van der Waals surface area contributed by atoms with Crippen LogP contribution in [0.2, 0.25) is 0 Å². The third-order valence-electron chi connectivity index (χ3n) is 4.00. The molecular formula is C19H29F3IN3O3. The number of rotatable bonds is 10. The number of hydrogen-bond acceptors (Lipinski definition) is 4. The monoisotopic (exact) mass is 531 g/mol. The molecule has 0 bridgehead atoms. The lowest BCUT2D eigenvalue weighted by atomic mass is 10.2. The van der Waals surface area contributed by atoms with E-state index in [4.69, 9.17) is 14.2 Å². The number of hydrogen-bond donors (Lipinski definition) is 2. The standard InChI is InChI=1S/C19H28F3N3O3.HI/c1-2-23-18(24-9-5-11-27-15-8-12-26-14-15)25-10-13-28-17-7-4-3-6-16(17)19(20,21)22;/h3-4,6-7,15H,2,5,8-14H2,1H3,(H2,23,24,25);1H. The molecule has 0 aromatic heterocycles. The van der Waals surface area contributed by atoms with Gasteiger partial charge in [0.1, 0.15) is 12.4 Å². The molecule has 2 rings (SSSR count). The van der Waals surface area contributed by atoms with Crippen LogP contribution in [0.4, 0.5) is 13.2 Å². The largest absolute Gasteiger partial charge is 0.491 e. The molecule has 0 spiro atoms. The predicted octanol–water partition coefficient (Wildman–Crippen LogP) is 3.45. The fourth-order valence-corrected chi connectivity index (χ4v) is 2.65. The van der Waals surface area contributed by atoms with Crippen molar-refractivity contribution in [2.45, 2.75) is 32.0 Å². The lowest BCUT2D eigenvalue weighted by Gasteiger charge is -2.15. The van der Waals surface area contributed by atoms with Gasteiger partial charge in [0, 0.05) is 26.3 Å². The Kier molecular flexibility index (Phi) is 12.3. The van der Waals surface area contributed by atoms with Gasteiger partial charge in [-0.2, -0.15) is 13.2 Å². The Bertz CT molecular complexity index is 612. The molecular weight excluding hydrogens is 502 g/mol. The lowest BCUT2D eigenvalue weighted by molar-refractivity contribution is -0.138. The van der Waals surface area contributed by atoms with Gasteiger partial charge in [-0.25, -0.2) is 0 Å². The van der Waals surface area contributed by atoms with E-state index in [1.807, 2.05) is 6.92 Å². The van der Waals surface area contributed by atoms with Crippen molar-refractivity contribution in [1.82, 2.24) is 10.6 Å². The number of halogens is 4. The minimum atomic E-state index is -4.44. The maximum atomic E-state index is 12.9. The van der Waals surface area contributed by atoms with Crippen LogP contribution in [0.5, 0.6) is 5.75 Å². The molecule has 0 radical (unpaired) electrons. The zero-order valence-electron chi connectivity index (χ0n) is 16.5. The Morgan fingerprint density at radius 3 is 2.72 bits per heavy atom. The van der Waals surface area contributed by atoms with E-state index in [-0.39, 0.29) is 42.4 Å². The lowest BCUT2D eigenvalue weighted by Crippen LogP contribution is -2.39. The fourth-order valence-electron chi connectivity index (χ4n) is 2.65. The zero-order chi connectivity index (χ0) is 20.2. The van der Waals surface area contributed by atoms with Crippen molar-refractivity contribution in [3.8, 4) is 5.75 Å². The fraction of sp³-hybridized carbons (Fsp3) is 0.632. The Balaban J connectivity index is 0.00000420. The van der Waals surface area contributed by atoms with Crippen molar-refractivity contribution in [2.75, 3.05) is 46.1 Å². The summed E-state index contributed by atoms with van der Waals surface area (Å²) in [5.74, 6) is 0.422. The van der Waals surface area contributed by atoms with Crippen molar-refractivity contribution in [3.05, 3.63) is 29.8 Å². The highest BCUT2D eigenvalue weighted by atomic mass is 127. The second kappa shape index (κ2) is 13.9. The number of guanidine groups is 1. The SMILES string of the molecule is CCNC(=NCCCOC1CCOC1)NCCOc1ccccc1C(F)(F)F.I. The van der Waals surface area contributed by atoms with E-state index in [0.29, 0.717) is 38.8 Å². The van der Waals surface area contributed by atoms with Gasteiger partial charge in [0.05, 0.1) is 24.8 Å². The number of aliphatic imine (C=N–C) groups is 1. The maximum Gasteiger partial charge on any atom is 0.419 e. The summed E-state index contributed by atoms with van der Waals surface area (Å²) >= 11 is 0. The van der Waals surface area contributed by atoms with Gasteiger partial charge in [-0.15, -0.1) is 24.0 Å². The highest BCUT2D eigenvalue weighted by Crippen LogP contribution is 2.35. The van der Waals surface area contributed by atoms with Crippen molar-refractivity contribution >= 4 is 29.9 Å². The third-order valence-corrected chi connectivity index (χ3v) is 4.00. The van der Waals surface area contributed by atoms with Gasteiger partial charge in [-0.3, -0.25) is 4.99 Å². The molecule has 6 nitrogen and oxygen atoms in total. The summed E-state index contributed by atoms with van der Waals surface area (Å²) in [6, 6.07) is 5.18. The summed E-state index contributed by atoms with van der Waals surface area (Å²) in [7, 11) is 0. The molecule has 1 fully saturated rings. The van der Waals surface area contributed by atoms with Crippen molar-refractivity contribution in [2.24, 2.45) is 4.99 Å². The van der Waals surface area contributed by atoms with Gasteiger partial charge < -0.3 is 24.8 Å². The van der Waals surface area contributed by atoms with Crippen LogP contribution in [-0.2, 0) is 15.7 Å². The minimum Gasteiger partial charge on any atom is -0.491 e. The molecule has 166 valence electrons. The molecule has 1 aromatic rings. The maximum absolute atomic E-state index is 12.9. The van der Waals surface area contributed by atoms with Crippen molar-refractivity contribution in [3.63, 3.8) is 0 Å². The normalized spacial score (nSPS) is 17.0. The van der Waals surface area contributed by atoms with E-state index in [0.717, 1.165) is 25.5 Å². The van der Waals surface area contributed by atoms with E-state index in [2.05, 4.69) is 15.6 Å². The van der Waals surface area contributed by atoms with Gasteiger partial charge in [-0.05, 0) is 31.9 Å². The van der Waals surface area contributed by atoms with Gasteiger partial charge in [0.15, 0.2) is 5.96 Å². The molecule has 10 heteroatoms. The first kappa shape index (κ1) is 25.8. The second-order valence-corrected chi connectivity index (χ2v) is 6.24. The summed E-state index contributed by atoms with van der Waals surface area (Å²) < 4.78 is 55.1. The highest BCUT2D eigenvalue weighted by Gasteiger charge is 2.33. The molecule has 0 aliphatic carbocycles. The Morgan fingerprint density at radius 2 is 2.03 bits per heavy atom. The van der Waals surface area contributed by atoms with Crippen LogP contribution in [0.3, 0.4) is 0 Å². The summed E-state index contributed by atoms with van der Waals surface area (Å²) in [5.41, 5.74) is -0.775. The molecule has 1 aliphatic rings. The summed E-state index contributed by atoms with van der Waals surface area (Å²) in [5, 5.41) is 6.14. The Labute approximate surface area is 186 Å². The number of nitrogens with zero attached hydrogens (tertiary/aromatic N) is 1. The van der Waals surface area contributed by atoms with Gasteiger partial charge in [-0.1, -0.05) is 12.1 Å². The predicted molar refractivity (Wildman–Crippen MR) is 116 cm³/mol. The van der Waals surface area contributed by atoms with Gasteiger partial charge in [0.25, 0.3) is 0 Å². The molecule has 1 atom stereocenters. The van der Waals surface area contributed by atoms with Gasteiger partial charge >= 0.3 is 6.18 Å². The Hall–Kier alpha value is -1.27. The first-order valence-electron chi connectivity index (χ1n) is 9.51. The second-order valence-electron chi connectivity index (χ2n) is 6.24. The zero-order valence-corrected chi connectivity index (χ0v) is 18.8. The van der Waals surface area contributed by atoms with Crippen LogP contribution >= 0.6 is 24.0 Å². The minimum absolute atomic E-state index is 0. The number of benzene rings is 1. The smallest absolute Gasteiger partial charge is 0.419 e. The van der Waals surface area contributed by atoms with E-state index in [9.17, 15) is 13.2 Å². The van der Waals surface area contributed by atoms with Gasteiger partial charge in [0.2, 0.25) is 0 Å². The molecule has 1 heterocycles. The molecule has 0 saturated carbocycles. The topological polar surface area (TPSA) is 64.1 Å². The van der Waals surface area contributed by atoms with Crippen LogP contribution in [-0.4, -0.2) is 58.1 Å². The average Bonchev–Trinajstić information content (AvgIpc) is 3.18. The van der Waals surface area contributed by atoms with Crippen LogP contribution < -0.4 is 15.4 Å². The van der Waals surface area contributed by atoms with Crippen LogP contribution in [0, 0.1) is 0 Å². The summed E-state index contributed by atoms with van der Waals surface area (Å²) in [6.07, 6.45) is -2.53. The van der Waals surface area contributed by atoms with Crippen LogP contribution in [0.1, 0.15) is 25.3 Å².